The molecule has 0 unspecified atom stereocenters. The zero-order valence-corrected chi connectivity index (χ0v) is 11.1. The summed E-state index contributed by atoms with van der Waals surface area (Å²) in [7, 11) is 0. The molecule has 0 aromatic carbocycles. The van der Waals surface area contributed by atoms with Crippen molar-refractivity contribution in [3.05, 3.63) is 0 Å². The van der Waals surface area contributed by atoms with Gasteiger partial charge in [-0.2, -0.15) is 0 Å². The molecular formula is C10H17F2IO2. The van der Waals surface area contributed by atoms with E-state index in [1.807, 2.05) is 0 Å². The Balaban J connectivity index is 3.46. The van der Waals surface area contributed by atoms with Crippen LogP contribution in [0.4, 0.5) is 8.78 Å². The van der Waals surface area contributed by atoms with E-state index in [9.17, 15) is 13.6 Å². The summed E-state index contributed by atoms with van der Waals surface area (Å²) in [4.78, 5) is 11.0. The number of carbonyl (C=O) groups is 1. The van der Waals surface area contributed by atoms with Crippen LogP contribution < -0.4 is 0 Å². The van der Waals surface area contributed by atoms with E-state index in [2.05, 4.69) is 22.6 Å². The first-order chi connectivity index (χ1) is 7.02. The van der Waals surface area contributed by atoms with Gasteiger partial charge in [0.2, 0.25) is 0 Å². The van der Waals surface area contributed by atoms with E-state index in [0.717, 1.165) is 17.3 Å². The van der Waals surface area contributed by atoms with Crippen LogP contribution in [0, 0.1) is 0 Å². The van der Waals surface area contributed by atoms with Crippen molar-refractivity contribution < 1.29 is 18.3 Å². The standard InChI is InChI=1S/C10H17F2IO2/c1-2-10(11,12)6-8-15-9(14)5-3-4-7-13/h2-8H2,1H3. The lowest BCUT2D eigenvalue weighted by molar-refractivity contribution is -0.146. The van der Waals surface area contributed by atoms with E-state index < -0.39 is 5.92 Å². The third-order valence-corrected chi connectivity index (χ3v) is 2.78. The van der Waals surface area contributed by atoms with Crippen LogP contribution in [-0.4, -0.2) is 22.9 Å². The Bertz CT molecular complexity index is 186. The molecule has 0 amide bonds. The van der Waals surface area contributed by atoms with Gasteiger partial charge in [0, 0.05) is 19.3 Å². The maximum atomic E-state index is 12.7. The van der Waals surface area contributed by atoms with Crippen molar-refractivity contribution in [2.24, 2.45) is 0 Å². The molecule has 0 aromatic rings. The quantitative estimate of drug-likeness (QED) is 0.294. The maximum Gasteiger partial charge on any atom is 0.305 e. The molecule has 0 bridgehead atoms. The summed E-state index contributed by atoms with van der Waals surface area (Å²) in [5.41, 5.74) is 0. The highest BCUT2D eigenvalue weighted by Gasteiger charge is 2.25. The molecule has 0 radical (unpaired) electrons. The predicted molar refractivity (Wildman–Crippen MR) is 63.6 cm³/mol. The second-order valence-electron chi connectivity index (χ2n) is 3.33. The van der Waals surface area contributed by atoms with E-state index in [4.69, 9.17) is 4.74 Å². The predicted octanol–water partition coefficient (Wildman–Crippen LogP) is 3.57. The lowest BCUT2D eigenvalue weighted by Gasteiger charge is -2.13. The molecule has 0 rings (SSSR count). The van der Waals surface area contributed by atoms with E-state index in [0.29, 0.717) is 6.42 Å². The second kappa shape index (κ2) is 8.24. The Labute approximate surface area is 103 Å². The SMILES string of the molecule is CCC(F)(F)CCOC(=O)CCCCI. The number of hydrogen-bond donors (Lipinski definition) is 0. The molecule has 0 atom stereocenters. The lowest BCUT2D eigenvalue weighted by Crippen LogP contribution is -2.18. The molecule has 0 aliphatic carbocycles. The number of ether oxygens (including phenoxy) is 1. The van der Waals surface area contributed by atoms with Gasteiger partial charge in [0.1, 0.15) is 0 Å². The average molecular weight is 334 g/mol. The maximum absolute atomic E-state index is 12.7. The molecule has 0 heterocycles. The normalized spacial score (nSPS) is 11.5. The van der Waals surface area contributed by atoms with Crippen LogP contribution in [0.25, 0.3) is 0 Å². The summed E-state index contributed by atoms with van der Waals surface area (Å²) in [6, 6.07) is 0. The highest BCUT2D eigenvalue weighted by Crippen LogP contribution is 2.21. The van der Waals surface area contributed by atoms with Gasteiger partial charge in [-0.3, -0.25) is 4.79 Å². The number of unbranched alkanes of at least 4 members (excludes halogenated alkanes) is 1. The smallest absolute Gasteiger partial charge is 0.305 e. The fraction of sp³-hybridized carbons (Fsp3) is 0.900. The van der Waals surface area contributed by atoms with Gasteiger partial charge in [0.25, 0.3) is 5.92 Å². The Kier molecular flexibility index (Phi) is 8.27. The van der Waals surface area contributed by atoms with Crippen molar-refractivity contribution in [2.45, 2.75) is 45.0 Å². The molecule has 90 valence electrons. The Morgan fingerprint density at radius 3 is 2.60 bits per heavy atom. The summed E-state index contributed by atoms with van der Waals surface area (Å²) in [5, 5.41) is 0. The van der Waals surface area contributed by atoms with Crippen LogP contribution in [0.5, 0.6) is 0 Å². The van der Waals surface area contributed by atoms with Crippen molar-refractivity contribution in [3.63, 3.8) is 0 Å². The molecule has 0 spiro atoms. The van der Waals surface area contributed by atoms with E-state index in [-0.39, 0.29) is 25.4 Å². The number of carbonyl (C=O) groups excluding carboxylic acids is 1. The molecule has 0 saturated heterocycles. The van der Waals surface area contributed by atoms with Gasteiger partial charge in [-0.15, -0.1) is 0 Å². The molecule has 15 heavy (non-hydrogen) atoms. The summed E-state index contributed by atoms with van der Waals surface area (Å²) in [5.74, 6) is -3.07. The first-order valence-corrected chi connectivity index (χ1v) is 6.64. The molecule has 0 aromatic heterocycles. The van der Waals surface area contributed by atoms with Crippen molar-refractivity contribution in [1.29, 1.82) is 0 Å². The first kappa shape index (κ1) is 15.1. The van der Waals surface area contributed by atoms with Crippen LogP contribution in [0.1, 0.15) is 39.0 Å². The first-order valence-electron chi connectivity index (χ1n) is 5.11. The molecule has 2 nitrogen and oxygen atoms in total. The molecule has 0 saturated carbocycles. The zero-order valence-electron chi connectivity index (χ0n) is 8.90. The third kappa shape index (κ3) is 9.02. The molecule has 0 aliphatic rings. The number of alkyl halides is 3. The Morgan fingerprint density at radius 1 is 1.40 bits per heavy atom. The summed E-state index contributed by atoms with van der Waals surface area (Å²) >= 11 is 2.23. The lowest BCUT2D eigenvalue weighted by atomic mass is 10.2. The molecule has 0 aliphatic heterocycles. The summed E-state index contributed by atoms with van der Waals surface area (Å²) in [6.07, 6.45) is 1.48. The summed E-state index contributed by atoms with van der Waals surface area (Å²) in [6.45, 7) is 1.24. The van der Waals surface area contributed by atoms with Crippen LogP contribution >= 0.6 is 22.6 Å². The molecule has 5 heteroatoms. The van der Waals surface area contributed by atoms with Gasteiger partial charge in [-0.05, 0) is 17.3 Å². The van der Waals surface area contributed by atoms with Crippen LogP contribution in [0.15, 0.2) is 0 Å². The average Bonchev–Trinajstić information content (AvgIpc) is 2.18. The van der Waals surface area contributed by atoms with Gasteiger partial charge in [-0.25, -0.2) is 8.78 Å². The minimum atomic E-state index is -2.71. The molecule has 0 N–H and O–H groups in total. The monoisotopic (exact) mass is 334 g/mol. The number of rotatable bonds is 8. The number of hydrogen-bond acceptors (Lipinski definition) is 2. The van der Waals surface area contributed by atoms with Gasteiger partial charge in [0.05, 0.1) is 6.61 Å². The fourth-order valence-electron chi connectivity index (χ4n) is 0.927. The largest absolute Gasteiger partial charge is 0.465 e. The van der Waals surface area contributed by atoms with E-state index in [1.165, 1.54) is 6.92 Å². The van der Waals surface area contributed by atoms with Crippen LogP contribution in [0.3, 0.4) is 0 Å². The van der Waals surface area contributed by atoms with Gasteiger partial charge in [-0.1, -0.05) is 29.5 Å². The fourth-order valence-corrected chi connectivity index (χ4v) is 1.47. The minimum absolute atomic E-state index is 0.177. The number of halogens is 3. The Hall–Kier alpha value is 0.0600. The van der Waals surface area contributed by atoms with Crippen molar-refractivity contribution in [1.82, 2.24) is 0 Å². The topological polar surface area (TPSA) is 26.3 Å². The van der Waals surface area contributed by atoms with E-state index in [1.54, 1.807) is 0 Å². The molecular weight excluding hydrogens is 317 g/mol. The third-order valence-electron chi connectivity index (χ3n) is 2.01. The Morgan fingerprint density at radius 2 is 2.07 bits per heavy atom. The van der Waals surface area contributed by atoms with Crippen LogP contribution in [-0.2, 0) is 9.53 Å². The highest BCUT2D eigenvalue weighted by molar-refractivity contribution is 14.1. The van der Waals surface area contributed by atoms with Crippen LogP contribution in [0.2, 0.25) is 0 Å². The zero-order chi connectivity index (χ0) is 11.7. The van der Waals surface area contributed by atoms with Crippen molar-refractivity contribution in [2.75, 3.05) is 11.0 Å². The summed E-state index contributed by atoms with van der Waals surface area (Å²) < 4.78 is 31.1. The van der Waals surface area contributed by atoms with Gasteiger partial charge in [0.15, 0.2) is 0 Å². The van der Waals surface area contributed by atoms with Gasteiger partial charge < -0.3 is 4.74 Å². The van der Waals surface area contributed by atoms with E-state index >= 15 is 0 Å². The van der Waals surface area contributed by atoms with Gasteiger partial charge >= 0.3 is 5.97 Å². The number of esters is 1. The van der Waals surface area contributed by atoms with Crippen molar-refractivity contribution in [3.8, 4) is 0 Å². The second-order valence-corrected chi connectivity index (χ2v) is 4.40. The molecule has 0 fully saturated rings. The highest BCUT2D eigenvalue weighted by atomic mass is 127. The van der Waals surface area contributed by atoms with Crippen molar-refractivity contribution >= 4 is 28.6 Å². The minimum Gasteiger partial charge on any atom is -0.465 e.